The molecule has 0 aliphatic heterocycles. The highest BCUT2D eigenvalue weighted by Crippen LogP contribution is 2.45. The first-order valence-corrected chi connectivity index (χ1v) is 7.82. The molecule has 2 rings (SSSR count). The van der Waals surface area contributed by atoms with Gasteiger partial charge in [0, 0.05) is 11.7 Å². The van der Waals surface area contributed by atoms with Crippen LogP contribution in [0.5, 0.6) is 0 Å². The quantitative estimate of drug-likeness (QED) is 0.802. The topological polar surface area (TPSA) is 55.1 Å². The predicted octanol–water partition coefficient (Wildman–Crippen LogP) is 4.26. The Morgan fingerprint density at radius 2 is 1.81 bits per heavy atom. The minimum atomic E-state index is -0.170. The lowest BCUT2D eigenvalue weighted by atomic mass is 9.63. The molecule has 1 amide bonds. The Morgan fingerprint density at radius 3 is 2.33 bits per heavy atom. The van der Waals surface area contributed by atoms with Crippen LogP contribution < -0.4 is 11.1 Å². The van der Waals surface area contributed by atoms with E-state index in [9.17, 15) is 4.79 Å². The van der Waals surface area contributed by atoms with Gasteiger partial charge in [0.1, 0.15) is 0 Å². The molecule has 1 aromatic rings. The fourth-order valence-electron chi connectivity index (χ4n) is 3.99. The summed E-state index contributed by atoms with van der Waals surface area (Å²) in [6.45, 7) is 9.04. The van der Waals surface area contributed by atoms with Crippen LogP contribution in [0.25, 0.3) is 0 Å². The van der Waals surface area contributed by atoms with Gasteiger partial charge in [-0.05, 0) is 42.2 Å². The number of rotatable bonds is 2. The fourth-order valence-corrected chi connectivity index (χ4v) is 4.25. The lowest BCUT2D eigenvalue weighted by Gasteiger charge is -2.45. The molecule has 3 N–H and O–H groups in total. The number of hydrogen-bond donors (Lipinski definition) is 2. The van der Waals surface area contributed by atoms with Gasteiger partial charge in [0.05, 0.1) is 10.6 Å². The molecule has 1 aromatic carbocycles. The fraction of sp³-hybridized carbons (Fsp3) is 0.588. The number of nitrogens with one attached hydrogen (secondary N) is 1. The van der Waals surface area contributed by atoms with E-state index >= 15 is 0 Å². The van der Waals surface area contributed by atoms with Crippen LogP contribution in [0.2, 0.25) is 5.02 Å². The van der Waals surface area contributed by atoms with Gasteiger partial charge in [0.2, 0.25) is 0 Å². The Hall–Kier alpha value is -1.22. The zero-order chi connectivity index (χ0) is 15.8. The van der Waals surface area contributed by atoms with Gasteiger partial charge in [-0.1, -0.05) is 45.4 Å². The van der Waals surface area contributed by atoms with Crippen LogP contribution in [0.15, 0.2) is 18.2 Å². The summed E-state index contributed by atoms with van der Waals surface area (Å²) in [4.78, 5) is 12.5. The third kappa shape index (κ3) is 3.91. The van der Waals surface area contributed by atoms with Crippen molar-refractivity contribution in [2.75, 3.05) is 5.73 Å². The van der Waals surface area contributed by atoms with Crippen molar-refractivity contribution in [2.24, 2.45) is 10.8 Å². The van der Waals surface area contributed by atoms with Crippen LogP contribution in [0.1, 0.15) is 57.3 Å². The van der Waals surface area contributed by atoms with Crippen molar-refractivity contribution < 1.29 is 4.79 Å². The zero-order valence-electron chi connectivity index (χ0n) is 13.3. The van der Waals surface area contributed by atoms with Crippen molar-refractivity contribution in [1.29, 1.82) is 0 Å². The van der Waals surface area contributed by atoms with E-state index in [1.807, 2.05) is 0 Å². The largest absolute Gasteiger partial charge is 0.398 e. The van der Waals surface area contributed by atoms with Gasteiger partial charge in [-0.25, -0.2) is 0 Å². The maximum atomic E-state index is 12.5. The normalized spacial score (nSPS) is 21.0. The first kappa shape index (κ1) is 16.2. The molecule has 1 fully saturated rings. The highest BCUT2D eigenvalue weighted by molar-refractivity contribution is 6.34. The van der Waals surface area contributed by atoms with Crippen molar-refractivity contribution in [3.05, 3.63) is 28.8 Å². The van der Waals surface area contributed by atoms with Crippen LogP contribution in [-0.4, -0.2) is 11.9 Å². The number of amides is 1. The van der Waals surface area contributed by atoms with Gasteiger partial charge in [-0.3, -0.25) is 4.79 Å². The van der Waals surface area contributed by atoms with E-state index in [1.165, 1.54) is 6.42 Å². The van der Waals surface area contributed by atoms with Gasteiger partial charge in [0.15, 0.2) is 0 Å². The van der Waals surface area contributed by atoms with Crippen molar-refractivity contribution in [3.8, 4) is 0 Å². The summed E-state index contributed by atoms with van der Waals surface area (Å²) in [5, 5.41) is 3.53. The number of nitrogens with two attached hydrogens (primary N) is 1. The molecule has 116 valence electrons. The van der Waals surface area contributed by atoms with Crippen LogP contribution in [0, 0.1) is 10.8 Å². The molecule has 0 bridgehead atoms. The molecule has 0 spiro atoms. The zero-order valence-corrected chi connectivity index (χ0v) is 14.1. The van der Waals surface area contributed by atoms with Crippen LogP contribution in [-0.2, 0) is 0 Å². The van der Waals surface area contributed by atoms with Crippen molar-refractivity contribution in [3.63, 3.8) is 0 Å². The Labute approximate surface area is 132 Å². The first-order chi connectivity index (χ1) is 9.60. The predicted molar refractivity (Wildman–Crippen MR) is 88.5 cm³/mol. The Morgan fingerprint density at radius 1 is 1.24 bits per heavy atom. The average molecular weight is 309 g/mol. The van der Waals surface area contributed by atoms with Crippen molar-refractivity contribution >= 4 is 23.2 Å². The molecule has 1 saturated carbocycles. The van der Waals surface area contributed by atoms with E-state index in [1.54, 1.807) is 18.2 Å². The standard InChI is InChI=1S/C17H25ClN2O/c1-16(2)8-11(9-17(3,4)10-16)20-15(21)14-12(18)6-5-7-13(14)19/h5-7,11H,8-10,19H2,1-4H3,(H,20,21). The second kappa shape index (κ2) is 5.53. The summed E-state index contributed by atoms with van der Waals surface area (Å²) in [6.07, 6.45) is 3.12. The van der Waals surface area contributed by atoms with E-state index < -0.39 is 0 Å². The minimum absolute atomic E-state index is 0.159. The summed E-state index contributed by atoms with van der Waals surface area (Å²) in [5.74, 6) is -0.170. The summed E-state index contributed by atoms with van der Waals surface area (Å²) < 4.78 is 0. The van der Waals surface area contributed by atoms with E-state index in [4.69, 9.17) is 17.3 Å². The van der Waals surface area contributed by atoms with E-state index in [-0.39, 0.29) is 22.8 Å². The lowest BCUT2D eigenvalue weighted by Crippen LogP contribution is -2.46. The van der Waals surface area contributed by atoms with Crippen LogP contribution in [0.4, 0.5) is 5.69 Å². The molecule has 0 radical (unpaired) electrons. The monoisotopic (exact) mass is 308 g/mol. The minimum Gasteiger partial charge on any atom is -0.398 e. The molecule has 21 heavy (non-hydrogen) atoms. The van der Waals surface area contributed by atoms with E-state index in [0.717, 1.165) is 12.8 Å². The highest BCUT2D eigenvalue weighted by Gasteiger charge is 2.39. The third-order valence-corrected chi connectivity index (χ3v) is 4.48. The second-order valence-corrected chi connectivity index (χ2v) is 8.20. The average Bonchev–Trinajstić information content (AvgIpc) is 2.23. The number of halogens is 1. The van der Waals surface area contributed by atoms with Crippen LogP contribution >= 0.6 is 11.6 Å². The number of anilines is 1. The number of benzene rings is 1. The SMILES string of the molecule is CC1(C)CC(NC(=O)c2c(N)cccc2Cl)CC(C)(C)C1. The summed E-state index contributed by atoms with van der Waals surface area (Å²) in [5.41, 5.74) is 7.16. The number of carbonyl (C=O) groups excluding carboxylic acids is 1. The lowest BCUT2D eigenvalue weighted by molar-refractivity contribution is 0.0714. The van der Waals surface area contributed by atoms with Gasteiger partial charge < -0.3 is 11.1 Å². The highest BCUT2D eigenvalue weighted by atomic mass is 35.5. The summed E-state index contributed by atoms with van der Waals surface area (Å²) in [6, 6.07) is 5.31. The van der Waals surface area contributed by atoms with Crippen molar-refractivity contribution in [1.82, 2.24) is 5.32 Å². The molecule has 4 heteroatoms. The van der Waals surface area contributed by atoms with Gasteiger partial charge >= 0.3 is 0 Å². The molecular weight excluding hydrogens is 284 g/mol. The molecular formula is C17H25ClN2O. The molecule has 3 nitrogen and oxygen atoms in total. The maximum Gasteiger partial charge on any atom is 0.255 e. The van der Waals surface area contributed by atoms with Gasteiger partial charge in [-0.2, -0.15) is 0 Å². The molecule has 1 aliphatic rings. The summed E-state index contributed by atoms with van der Waals surface area (Å²) >= 11 is 6.11. The molecule has 0 aromatic heterocycles. The summed E-state index contributed by atoms with van der Waals surface area (Å²) in [7, 11) is 0. The van der Waals surface area contributed by atoms with E-state index in [2.05, 4.69) is 33.0 Å². The van der Waals surface area contributed by atoms with E-state index in [0.29, 0.717) is 16.3 Å². The Bertz CT molecular complexity index is 515. The molecule has 0 saturated heterocycles. The molecule has 0 unspecified atom stereocenters. The molecule has 1 aliphatic carbocycles. The molecule has 0 atom stereocenters. The second-order valence-electron chi connectivity index (χ2n) is 7.79. The van der Waals surface area contributed by atoms with Crippen molar-refractivity contribution in [2.45, 2.75) is 53.0 Å². The third-order valence-electron chi connectivity index (χ3n) is 4.16. The molecule has 0 heterocycles. The van der Waals surface area contributed by atoms with Crippen LogP contribution in [0.3, 0.4) is 0 Å². The number of carbonyl (C=O) groups is 1. The smallest absolute Gasteiger partial charge is 0.255 e. The van der Waals surface area contributed by atoms with Gasteiger partial charge in [-0.15, -0.1) is 0 Å². The number of hydrogen-bond acceptors (Lipinski definition) is 2. The first-order valence-electron chi connectivity index (χ1n) is 7.45. The Kier molecular flexibility index (Phi) is 4.25. The maximum absolute atomic E-state index is 12.5. The Balaban J connectivity index is 2.16. The van der Waals surface area contributed by atoms with Gasteiger partial charge in [0.25, 0.3) is 5.91 Å². The number of nitrogen functional groups attached to an aromatic ring is 1.